The number of carbonyl (C=O) groups is 1. The number of amides is 1. The maximum atomic E-state index is 12.0. The molecule has 0 radical (unpaired) electrons. The standard InChI is InChI=1S/C13H19N3O4/c1-19-8-6-16-12(17)5-4-11(15-16)13(18)14-9-10-3-2-7-20-10/h4-5,10H,2-3,6-9H2,1H3,(H,14,18)/t10-/m1/s1. The summed E-state index contributed by atoms with van der Waals surface area (Å²) in [6.07, 6.45) is 2.07. The molecule has 0 aromatic carbocycles. The van der Waals surface area contributed by atoms with Crippen LogP contribution in [-0.4, -0.2) is 48.7 Å². The second-order valence-electron chi connectivity index (χ2n) is 4.62. The molecule has 1 aromatic heterocycles. The van der Waals surface area contributed by atoms with Crippen LogP contribution in [-0.2, 0) is 16.0 Å². The van der Waals surface area contributed by atoms with E-state index in [1.807, 2.05) is 0 Å². The van der Waals surface area contributed by atoms with Gasteiger partial charge in [-0.05, 0) is 18.9 Å². The Balaban J connectivity index is 1.96. The minimum absolute atomic E-state index is 0.0818. The molecule has 0 unspecified atom stereocenters. The van der Waals surface area contributed by atoms with Gasteiger partial charge in [-0.3, -0.25) is 9.59 Å². The van der Waals surface area contributed by atoms with Gasteiger partial charge in [0.15, 0.2) is 0 Å². The normalized spacial score (nSPS) is 18.1. The predicted molar refractivity (Wildman–Crippen MR) is 71.7 cm³/mol. The van der Waals surface area contributed by atoms with Crippen LogP contribution in [0, 0.1) is 0 Å². The van der Waals surface area contributed by atoms with Crippen LogP contribution in [0.3, 0.4) is 0 Å². The average molecular weight is 281 g/mol. The molecule has 7 heteroatoms. The molecule has 1 fully saturated rings. The number of ether oxygens (including phenoxy) is 2. The van der Waals surface area contributed by atoms with Crippen LogP contribution in [0.5, 0.6) is 0 Å². The number of nitrogens with one attached hydrogen (secondary N) is 1. The first-order valence-corrected chi connectivity index (χ1v) is 6.67. The third kappa shape index (κ3) is 3.88. The molecule has 1 aromatic rings. The smallest absolute Gasteiger partial charge is 0.271 e. The second-order valence-corrected chi connectivity index (χ2v) is 4.62. The largest absolute Gasteiger partial charge is 0.383 e. The Hall–Kier alpha value is -1.73. The summed E-state index contributed by atoms with van der Waals surface area (Å²) in [7, 11) is 1.54. The highest BCUT2D eigenvalue weighted by Crippen LogP contribution is 2.10. The van der Waals surface area contributed by atoms with E-state index in [9.17, 15) is 9.59 Å². The first kappa shape index (κ1) is 14.7. The van der Waals surface area contributed by atoms with Gasteiger partial charge in [-0.1, -0.05) is 0 Å². The Morgan fingerprint density at radius 3 is 3.15 bits per heavy atom. The minimum atomic E-state index is -0.299. The Kier molecular flexibility index (Phi) is 5.25. The molecule has 1 N–H and O–H groups in total. The first-order chi connectivity index (χ1) is 9.70. The van der Waals surface area contributed by atoms with E-state index in [0.717, 1.165) is 19.4 Å². The Bertz CT molecular complexity index is 509. The van der Waals surface area contributed by atoms with E-state index in [1.165, 1.54) is 16.8 Å². The van der Waals surface area contributed by atoms with E-state index >= 15 is 0 Å². The fourth-order valence-electron chi connectivity index (χ4n) is 2.01. The fourth-order valence-corrected chi connectivity index (χ4v) is 2.01. The summed E-state index contributed by atoms with van der Waals surface area (Å²) in [6, 6.07) is 2.76. The van der Waals surface area contributed by atoms with E-state index < -0.39 is 0 Å². The molecule has 20 heavy (non-hydrogen) atoms. The van der Waals surface area contributed by atoms with Gasteiger partial charge in [-0.2, -0.15) is 5.10 Å². The first-order valence-electron chi connectivity index (χ1n) is 6.67. The van der Waals surface area contributed by atoms with Crippen LogP contribution in [0.1, 0.15) is 23.3 Å². The van der Waals surface area contributed by atoms with Gasteiger partial charge in [0.2, 0.25) is 0 Å². The maximum absolute atomic E-state index is 12.0. The Morgan fingerprint density at radius 2 is 2.45 bits per heavy atom. The lowest BCUT2D eigenvalue weighted by molar-refractivity contribution is 0.0851. The molecule has 110 valence electrons. The molecule has 0 spiro atoms. The van der Waals surface area contributed by atoms with Crippen molar-refractivity contribution in [2.75, 3.05) is 26.9 Å². The highest BCUT2D eigenvalue weighted by Gasteiger charge is 2.17. The van der Waals surface area contributed by atoms with E-state index in [2.05, 4.69) is 10.4 Å². The summed E-state index contributed by atoms with van der Waals surface area (Å²) >= 11 is 0. The topological polar surface area (TPSA) is 82.5 Å². The SMILES string of the molecule is COCCn1nc(C(=O)NC[C@H]2CCCO2)ccc1=O. The van der Waals surface area contributed by atoms with Crippen molar-refractivity contribution in [1.29, 1.82) is 0 Å². The van der Waals surface area contributed by atoms with Crippen molar-refractivity contribution in [2.24, 2.45) is 0 Å². The number of carbonyl (C=O) groups excluding carboxylic acids is 1. The van der Waals surface area contributed by atoms with Crippen LogP contribution in [0.15, 0.2) is 16.9 Å². The lowest BCUT2D eigenvalue weighted by atomic mass is 10.2. The second kappa shape index (κ2) is 7.16. The van der Waals surface area contributed by atoms with Gasteiger partial charge >= 0.3 is 0 Å². The third-order valence-electron chi connectivity index (χ3n) is 3.12. The summed E-state index contributed by atoms with van der Waals surface area (Å²) < 4.78 is 11.6. The molecule has 1 aliphatic heterocycles. The number of nitrogens with zero attached hydrogens (tertiary/aromatic N) is 2. The fraction of sp³-hybridized carbons (Fsp3) is 0.615. The molecular formula is C13H19N3O4. The summed E-state index contributed by atoms with van der Waals surface area (Å²) in [6.45, 7) is 1.91. The van der Waals surface area contributed by atoms with Gasteiger partial charge in [0.1, 0.15) is 5.69 Å². The predicted octanol–water partition coefficient (Wildman–Crippen LogP) is -0.201. The third-order valence-corrected chi connectivity index (χ3v) is 3.12. The van der Waals surface area contributed by atoms with Gasteiger partial charge < -0.3 is 14.8 Å². The van der Waals surface area contributed by atoms with Crippen molar-refractivity contribution in [3.63, 3.8) is 0 Å². The molecule has 0 aliphatic carbocycles. The van der Waals surface area contributed by atoms with Crippen LogP contribution >= 0.6 is 0 Å². The monoisotopic (exact) mass is 281 g/mol. The number of hydrogen-bond donors (Lipinski definition) is 1. The van der Waals surface area contributed by atoms with Crippen molar-refractivity contribution < 1.29 is 14.3 Å². The van der Waals surface area contributed by atoms with Crippen molar-refractivity contribution in [3.8, 4) is 0 Å². The number of hydrogen-bond acceptors (Lipinski definition) is 5. The molecule has 1 amide bonds. The number of aromatic nitrogens is 2. The van der Waals surface area contributed by atoms with Gasteiger partial charge in [0.25, 0.3) is 11.5 Å². The van der Waals surface area contributed by atoms with Crippen molar-refractivity contribution in [3.05, 3.63) is 28.2 Å². The van der Waals surface area contributed by atoms with E-state index in [-0.39, 0.29) is 23.3 Å². The maximum Gasteiger partial charge on any atom is 0.271 e. The van der Waals surface area contributed by atoms with Crippen molar-refractivity contribution in [1.82, 2.24) is 15.1 Å². The average Bonchev–Trinajstić information content (AvgIpc) is 2.97. The molecule has 7 nitrogen and oxygen atoms in total. The molecule has 2 rings (SSSR count). The van der Waals surface area contributed by atoms with Gasteiger partial charge in [-0.25, -0.2) is 4.68 Å². The van der Waals surface area contributed by atoms with Gasteiger partial charge in [0, 0.05) is 26.3 Å². The molecular weight excluding hydrogens is 262 g/mol. The molecule has 0 bridgehead atoms. The molecule has 0 saturated carbocycles. The molecule has 1 aliphatic rings. The zero-order valence-corrected chi connectivity index (χ0v) is 11.5. The van der Waals surface area contributed by atoms with Crippen LogP contribution < -0.4 is 10.9 Å². The van der Waals surface area contributed by atoms with Gasteiger partial charge in [-0.15, -0.1) is 0 Å². The van der Waals surface area contributed by atoms with E-state index in [1.54, 1.807) is 7.11 Å². The van der Waals surface area contributed by atoms with Crippen LogP contribution in [0.25, 0.3) is 0 Å². The zero-order valence-electron chi connectivity index (χ0n) is 11.5. The Labute approximate surface area is 116 Å². The van der Waals surface area contributed by atoms with Gasteiger partial charge in [0.05, 0.1) is 19.3 Å². The quantitative estimate of drug-likeness (QED) is 0.780. The summed E-state index contributed by atoms with van der Waals surface area (Å²) in [5.41, 5.74) is -0.0311. The lowest BCUT2D eigenvalue weighted by Crippen LogP contribution is -2.34. The Morgan fingerprint density at radius 1 is 1.60 bits per heavy atom. The van der Waals surface area contributed by atoms with E-state index in [4.69, 9.17) is 9.47 Å². The molecule has 2 heterocycles. The minimum Gasteiger partial charge on any atom is -0.383 e. The lowest BCUT2D eigenvalue weighted by Gasteiger charge is -2.11. The summed E-state index contributed by atoms with van der Waals surface area (Å²) in [4.78, 5) is 23.5. The van der Waals surface area contributed by atoms with Crippen molar-refractivity contribution in [2.45, 2.75) is 25.5 Å². The zero-order chi connectivity index (χ0) is 14.4. The molecule has 1 atom stereocenters. The number of methoxy groups -OCH3 is 1. The highest BCUT2D eigenvalue weighted by molar-refractivity contribution is 5.91. The van der Waals surface area contributed by atoms with E-state index in [0.29, 0.717) is 19.7 Å². The summed E-state index contributed by atoms with van der Waals surface area (Å²) in [5, 5.41) is 6.80. The molecule has 1 saturated heterocycles. The highest BCUT2D eigenvalue weighted by atomic mass is 16.5. The summed E-state index contributed by atoms with van der Waals surface area (Å²) in [5.74, 6) is -0.299. The van der Waals surface area contributed by atoms with Crippen LogP contribution in [0.4, 0.5) is 0 Å². The van der Waals surface area contributed by atoms with Crippen molar-refractivity contribution >= 4 is 5.91 Å². The number of rotatable bonds is 6. The van der Waals surface area contributed by atoms with Crippen LogP contribution in [0.2, 0.25) is 0 Å².